The molecule has 0 aromatic heterocycles. The van der Waals surface area contributed by atoms with Crippen molar-refractivity contribution in [3.05, 3.63) is 58.1 Å². The molecule has 0 bridgehead atoms. The van der Waals surface area contributed by atoms with E-state index in [1.807, 2.05) is 31.2 Å². The van der Waals surface area contributed by atoms with Crippen LogP contribution in [0.3, 0.4) is 0 Å². The Balaban J connectivity index is 1.98. The highest BCUT2D eigenvalue weighted by atomic mass is 35.5. The van der Waals surface area contributed by atoms with E-state index in [0.717, 1.165) is 16.1 Å². The van der Waals surface area contributed by atoms with E-state index in [-0.39, 0.29) is 11.7 Å². The van der Waals surface area contributed by atoms with E-state index >= 15 is 0 Å². The van der Waals surface area contributed by atoms with Crippen LogP contribution in [0.15, 0.2) is 47.4 Å². The van der Waals surface area contributed by atoms with E-state index in [4.69, 9.17) is 23.2 Å². The van der Waals surface area contributed by atoms with Gasteiger partial charge in [0.05, 0.1) is 15.8 Å². The van der Waals surface area contributed by atoms with Gasteiger partial charge in [-0.1, -0.05) is 47.5 Å². The molecule has 0 saturated carbocycles. The highest BCUT2D eigenvalue weighted by molar-refractivity contribution is 8.00. The number of thioether (sulfide) groups is 1. The molecule has 5 heteroatoms. The smallest absolute Gasteiger partial charge is 0.234 e. The first-order chi connectivity index (χ1) is 9.58. The van der Waals surface area contributed by atoms with Crippen molar-refractivity contribution in [2.45, 2.75) is 11.8 Å². The number of aryl methyl sites for hydroxylation is 1. The average molecular weight is 326 g/mol. The summed E-state index contributed by atoms with van der Waals surface area (Å²) >= 11 is 13.5. The summed E-state index contributed by atoms with van der Waals surface area (Å²) in [6.45, 7) is 1.95. The lowest BCUT2D eigenvalue weighted by atomic mass is 10.2. The van der Waals surface area contributed by atoms with Crippen LogP contribution in [0, 0.1) is 6.92 Å². The highest BCUT2D eigenvalue weighted by Crippen LogP contribution is 2.33. The zero-order valence-corrected chi connectivity index (χ0v) is 13.1. The van der Waals surface area contributed by atoms with E-state index in [1.54, 1.807) is 18.2 Å². The third kappa shape index (κ3) is 3.92. The van der Waals surface area contributed by atoms with Crippen LogP contribution < -0.4 is 5.32 Å². The Labute approximate surface area is 132 Å². The van der Waals surface area contributed by atoms with E-state index in [2.05, 4.69) is 5.32 Å². The first-order valence-corrected chi connectivity index (χ1v) is 7.74. The van der Waals surface area contributed by atoms with Crippen LogP contribution in [0.25, 0.3) is 0 Å². The van der Waals surface area contributed by atoms with Gasteiger partial charge in [0.1, 0.15) is 0 Å². The standard InChI is InChI=1S/C15H13Cl2NOS/c1-10-5-2-3-8-13(10)18-14(19)9-20-15-11(16)6-4-7-12(15)17/h2-8H,9H2,1H3,(H,18,19). The van der Waals surface area contributed by atoms with E-state index < -0.39 is 0 Å². The molecule has 0 aliphatic heterocycles. The minimum atomic E-state index is -0.0831. The van der Waals surface area contributed by atoms with Crippen molar-refractivity contribution in [3.8, 4) is 0 Å². The van der Waals surface area contributed by atoms with E-state index in [0.29, 0.717) is 10.0 Å². The maximum atomic E-state index is 11.9. The lowest BCUT2D eigenvalue weighted by Gasteiger charge is -2.09. The lowest BCUT2D eigenvalue weighted by molar-refractivity contribution is -0.113. The predicted octanol–water partition coefficient (Wildman–Crippen LogP) is 5.03. The third-order valence-corrected chi connectivity index (χ3v) is 4.67. The Morgan fingerprint density at radius 2 is 1.75 bits per heavy atom. The topological polar surface area (TPSA) is 29.1 Å². The Hall–Kier alpha value is -1.16. The molecule has 0 radical (unpaired) electrons. The molecule has 2 aromatic rings. The van der Waals surface area contributed by atoms with E-state index in [1.165, 1.54) is 11.8 Å². The lowest BCUT2D eigenvalue weighted by Crippen LogP contribution is -2.14. The largest absolute Gasteiger partial charge is 0.325 e. The number of rotatable bonds is 4. The molecule has 0 unspecified atom stereocenters. The molecule has 0 aliphatic carbocycles. The SMILES string of the molecule is Cc1ccccc1NC(=O)CSc1c(Cl)cccc1Cl. The Bertz CT molecular complexity index is 611. The average Bonchev–Trinajstić information content (AvgIpc) is 2.41. The van der Waals surface area contributed by atoms with Gasteiger partial charge in [0.15, 0.2) is 0 Å². The molecule has 104 valence electrons. The molecular weight excluding hydrogens is 313 g/mol. The van der Waals surface area contributed by atoms with Crippen LogP contribution in [0.1, 0.15) is 5.56 Å². The molecule has 0 heterocycles. The van der Waals surface area contributed by atoms with Crippen molar-refractivity contribution in [2.75, 3.05) is 11.1 Å². The molecule has 2 rings (SSSR count). The second-order valence-electron chi connectivity index (χ2n) is 4.20. The number of benzene rings is 2. The fourth-order valence-electron chi connectivity index (χ4n) is 1.66. The molecule has 1 N–H and O–H groups in total. The molecule has 2 nitrogen and oxygen atoms in total. The Morgan fingerprint density at radius 3 is 2.40 bits per heavy atom. The summed E-state index contributed by atoms with van der Waals surface area (Å²) < 4.78 is 0. The van der Waals surface area contributed by atoms with Gasteiger partial charge in [-0.15, -0.1) is 11.8 Å². The van der Waals surface area contributed by atoms with Crippen molar-refractivity contribution in [2.24, 2.45) is 0 Å². The number of hydrogen-bond acceptors (Lipinski definition) is 2. The second-order valence-corrected chi connectivity index (χ2v) is 6.00. The second kappa shape index (κ2) is 7.02. The number of carbonyl (C=O) groups is 1. The molecule has 2 aromatic carbocycles. The van der Waals surface area contributed by atoms with Crippen molar-refractivity contribution in [3.63, 3.8) is 0 Å². The molecule has 0 atom stereocenters. The zero-order valence-electron chi connectivity index (χ0n) is 10.8. The number of nitrogens with one attached hydrogen (secondary N) is 1. The van der Waals surface area contributed by atoms with Gasteiger partial charge in [-0.3, -0.25) is 4.79 Å². The van der Waals surface area contributed by atoms with Crippen molar-refractivity contribution < 1.29 is 4.79 Å². The van der Waals surface area contributed by atoms with Crippen LogP contribution in [0.4, 0.5) is 5.69 Å². The number of amides is 1. The normalized spacial score (nSPS) is 10.3. The quantitative estimate of drug-likeness (QED) is 0.798. The first kappa shape index (κ1) is 15.2. The van der Waals surface area contributed by atoms with Gasteiger partial charge in [0, 0.05) is 10.6 Å². The number of hydrogen-bond donors (Lipinski definition) is 1. The summed E-state index contributed by atoms with van der Waals surface area (Å²) in [5.74, 6) is 0.179. The van der Waals surface area contributed by atoms with Crippen LogP contribution in [-0.4, -0.2) is 11.7 Å². The van der Waals surface area contributed by atoms with Crippen molar-refractivity contribution >= 4 is 46.6 Å². The maximum Gasteiger partial charge on any atom is 0.234 e. The van der Waals surface area contributed by atoms with Gasteiger partial charge in [-0.2, -0.15) is 0 Å². The minimum Gasteiger partial charge on any atom is -0.325 e. The monoisotopic (exact) mass is 325 g/mol. The number of carbonyl (C=O) groups excluding carboxylic acids is 1. The Morgan fingerprint density at radius 1 is 1.10 bits per heavy atom. The fourth-order valence-corrected chi connectivity index (χ4v) is 3.14. The number of anilines is 1. The van der Waals surface area contributed by atoms with Gasteiger partial charge in [-0.25, -0.2) is 0 Å². The molecule has 0 aliphatic rings. The molecule has 1 amide bonds. The van der Waals surface area contributed by atoms with Crippen LogP contribution in [0.5, 0.6) is 0 Å². The molecule has 0 spiro atoms. The first-order valence-electron chi connectivity index (χ1n) is 6.00. The van der Waals surface area contributed by atoms with Gasteiger partial charge in [0.25, 0.3) is 0 Å². The van der Waals surface area contributed by atoms with Crippen LogP contribution in [0.2, 0.25) is 10.0 Å². The van der Waals surface area contributed by atoms with Crippen molar-refractivity contribution in [1.82, 2.24) is 0 Å². The fraction of sp³-hybridized carbons (Fsp3) is 0.133. The maximum absolute atomic E-state index is 11.9. The van der Waals surface area contributed by atoms with Gasteiger partial charge in [-0.05, 0) is 30.7 Å². The summed E-state index contributed by atoms with van der Waals surface area (Å²) in [7, 11) is 0. The van der Waals surface area contributed by atoms with Crippen molar-refractivity contribution in [1.29, 1.82) is 0 Å². The Kier molecular flexibility index (Phi) is 5.35. The van der Waals surface area contributed by atoms with Gasteiger partial charge in [0.2, 0.25) is 5.91 Å². The molecule has 20 heavy (non-hydrogen) atoms. The summed E-state index contributed by atoms with van der Waals surface area (Å²) in [5, 5.41) is 4.00. The highest BCUT2D eigenvalue weighted by Gasteiger charge is 2.10. The predicted molar refractivity (Wildman–Crippen MR) is 87.0 cm³/mol. The minimum absolute atomic E-state index is 0.0831. The molecule has 0 saturated heterocycles. The van der Waals surface area contributed by atoms with Gasteiger partial charge < -0.3 is 5.32 Å². The third-order valence-electron chi connectivity index (χ3n) is 2.69. The van der Waals surface area contributed by atoms with E-state index in [9.17, 15) is 4.79 Å². The van der Waals surface area contributed by atoms with Gasteiger partial charge >= 0.3 is 0 Å². The van der Waals surface area contributed by atoms with Crippen LogP contribution in [-0.2, 0) is 4.79 Å². The van der Waals surface area contributed by atoms with Crippen LogP contribution >= 0.6 is 35.0 Å². The summed E-state index contributed by atoms with van der Waals surface area (Å²) in [6.07, 6.45) is 0. The number of para-hydroxylation sites is 1. The zero-order chi connectivity index (χ0) is 14.5. The molecular formula is C15H13Cl2NOS. The summed E-state index contributed by atoms with van der Waals surface area (Å²) in [5.41, 5.74) is 1.85. The molecule has 0 fully saturated rings. The summed E-state index contributed by atoms with van der Waals surface area (Å²) in [4.78, 5) is 12.7. The number of halogens is 2. The summed E-state index contributed by atoms with van der Waals surface area (Å²) in [6, 6.07) is 12.9.